The minimum atomic E-state index is -4.97. The highest BCUT2D eigenvalue weighted by Gasteiger charge is 2.31. The topological polar surface area (TPSA) is 237 Å². The summed E-state index contributed by atoms with van der Waals surface area (Å²) in [5.41, 5.74) is 0. The molecule has 0 radical (unpaired) electrons. The van der Waals surface area contributed by atoms with Crippen LogP contribution in [0, 0.1) is 17.8 Å². The molecule has 0 aliphatic heterocycles. The van der Waals surface area contributed by atoms with E-state index >= 15 is 0 Å². The van der Waals surface area contributed by atoms with Crippen LogP contribution in [0.25, 0.3) is 0 Å². The Bertz CT molecular complexity index is 2050. The largest absolute Gasteiger partial charge is 0.472 e. The maximum Gasteiger partial charge on any atom is 0.472 e. The number of esters is 4. The van der Waals surface area contributed by atoms with Gasteiger partial charge in [0.1, 0.15) is 19.3 Å². The van der Waals surface area contributed by atoms with E-state index in [1.165, 1.54) is 270 Å². The van der Waals surface area contributed by atoms with Crippen LogP contribution >= 0.6 is 15.6 Å². The zero-order chi connectivity index (χ0) is 77.9. The van der Waals surface area contributed by atoms with Gasteiger partial charge in [0.05, 0.1) is 26.4 Å². The molecule has 0 bridgehead atoms. The van der Waals surface area contributed by atoms with E-state index in [0.29, 0.717) is 25.7 Å². The van der Waals surface area contributed by atoms with Crippen molar-refractivity contribution in [3.05, 3.63) is 0 Å². The first-order valence-corrected chi connectivity index (χ1v) is 47.9. The third kappa shape index (κ3) is 77.4. The summed E-state index contributed by atoms with van der Waals surface area (Å²) in [5, 5.41) is 10.7. The number of hydrogen-bond donors (Lipinski definition) is 3. The summed E-state index contributed by atoms with van der Waals surface area (Å²) in [7, 11) is -9.93. The first-order valence-electron chi connectivity index (χ1n) is 44.9. The molecule has 19 heteroatoms. The summed E-state index contributed by atoms with van der Waals surface area (Å²) in [6.07, 6.45) is 68.1. The van der Waals surface area contributed by atoms with Crippen LogP contribution in [0.5, 0.6) is 0 Å². The number of phosphoric ester groups is 2. The molecule has 0 saturated carbocycles. The van der Waals surface area contributed by atoms with E-state index < -0.39 is 97.5 Å². The zero-order valence-corrected chi connectivity index (χ0v) is 71.7. The number of hydrogen-bond acceptors (Lipinski definition) is 15. The second kappa shape index (κ2) is 77.0. The van der Waals surface area contributed by atoms with Crippen molar-refractivity contribution in [2.24, 2.45) is 17.8 Å². The zero-order valence-electron chi connectivity index (χ0n) is 69.9. The molecule has 4 unspecified atom stereocenters. The van der Waals surface area contributed by atoms with E-state index in [0.717, 1.165) is 108 Å². The minimum Gasteiger partial charge on any atom is -0.462 e. The van der Waals surface area contributed by atoms with Crippen molar-refractivity contribution in [2.75, 3.05) is 39.6 Å². The minimum absolute atomic E-state index is 0.105. The fraction of sp³-hybridized carbons (Fsp3) is 0.954. The molecular weight excluding hydrogens is 1380 g/mol. The van der Waals surface area contributed by atoms with Gasteiger partial charge < -0.3 is 33.8 Å². The second-order valence-electron chi connectivity index (χ2n) is 32.2. The van der Waals surface area contributed by atoms with Crippen molar-refractivity contribution in [3.63, 3.8) is 0 Å². The molecule has 0 aromatic heterocycles. The standard InChI is InChI=1S/C87H170O17P2/c1-8-11-12-13-14-15-16-17-18-19-20-21-22-26-29-32-35-38-47-54-61-68-84(89)97-74-82(103-86(91)70-63-56-49-39-36-33-30-27-24-23-25-28-31-34-37-44-51-58-65-78(4)5)76-101-105(93,94)99-72-81(88)73-100-106(95,96)102-77-83(104-87(92)71-64-57-50-43-41-46-53-60-67-80(7)10-3)75-98-85(90)69-62-55-48-42-40-45-52-59-66-79(6)9-2/h78-83,88H,8-77H2,1-7H3,(H,93,94)(H,95,96)/t79?,80?,81-,82-,83-/m1/s1. The highest BCUT2D eigenvalue weighted by Crippen LogP contribution is 2.45. The van der Waals surface area contributed by atoms with Gasteiger partial charge in [0.25, 0.3) is 0 Å². The molecule has 630 valence electrons. The summed E-state index contributed by atoms with van der Waals surface area (Å²) in [6, 6.07) is 0. The summed E-state index contributed by atoms with van der Waals surface area (Å²) in [4.78, 5) is 73.2. The van der Waals surface area contributed by atoms with Gasteiger partial charge in [0.2, 0.25) is 0 Å². The van der Waals surface area contributed by atoms with Gasteiger partial charge in [0.15, 0.2) is 12.2 Å². The van der Waals surface area contributed by atoms with Gasteiger partial charge in [-0.1, -0.05) is 408 Å². The lowest BCUT2D eigenvalue weighted by Gasteiger charge is -2.21. The Morgan fingerprint density at radius 1 is 0.274 bits per heavy atom. The van der Waals surface area contributed by atoms with Crippen molar-refractivity contribution in [2.45, 2.75) is 478 Å². The Kier molecular flexibility index (Phi) is 75.6. The van der Waals surface area contributed by atoms with E-state index in [4.69, 9.17) is 37.0 Å². The van der Waals surface area contributed by atoms with Gasteiger partial charge in [-0.25, -0.2) is 9.13 Å². The smallest absolute Gasteiger partial charge is 0.462 e. The van der Waals surface area contributed by atoms with Gasteiger partial charge >= 0.3 is 39.5 Å². The first kappa shape index (κ1) is 104. The molecule has 0 aliphatic carbocycles. The number of rotatable bonds is 85. The van der Waals surface area contributed by atoms with Crippen LogP contribution in [0.4, 0.5) is 0 Å². The van der Waals surface area contributed by atoms with Gasteiger partial charge in [-0.05, 0) is 43.4 Å². The van der Waals surface area contributed by atoms with Crippen LogP contribution in [0.3, 0.4) is 0 Å². The van der Waals surface area contributed by atoms with Crippen molar-refractivity contribution in [1.82, 2.24) is 0 Å². The predicted molar refractivity (Wildman–Crippen MR) is 437 cm³/mol. The molecule has 0 aromatic rings. The number of aliphatic hydroxyl groups is 1. The van der Waals surface area contributed by atoms with Crippen LogP contribution in [-0.4, -0.2) is 96.7 Å². The van der Waals surface area contributed by atoms with Crippen molar-refractivity contribution < 1.29 is 80.2 Å². The number of unbranched alkanes of at least 4 members (excludes halogenated alkanes) is 51. The Morgan fingerprint density at radius 3 is 0.717 bits per heavy atom. The van der Waals surface area contributed by atoms with E-state index in [9.17, 15) is 43.2 Å². The van der Waals surface area contributed by atoms with E-state index in [1.807, 2.05) is 0 Å². The third-order valence-electron chi connectivity index (χ3n) is 21.1. The molecule has 106 heavy (non-hydrogen) atoms. The predicted octanol–water partition coefficient (Wildman–Crippen LogP) is 26.5. The summed E-state index contributed by atoms with van der Waals surface area (Å²) >= 11 is 0. The van der Waals surface area contributed by atoms with Crippen molar-refractivity contribution in [1.29, 1.82) is 0 Å². The number of phosphoric acid groups is 2. The molecule has 0 amide bonds. The fourth-order valence-corrected chi connectivity index (χ4v) is 15.1. The SMILES string of the molecule is CCCCCCCCCCCCCCCCCCCCCCCC(=O)OC[C@H](COP(=O)(O)OC[C@@H](O)COP(=O)(O)OC[C@@H](COC(=O)CCCCCCCCCCC(C)CC)OC(=O)CCCCCCCCCCC(C)CC)OC(=O)CCCCCCCCCCCCCCCCCCCCC(C)C. The average Bonchev–Trinajstić information content (AvgIpc) is 1.00. The molecule has 0 aliphatic rings. The molecule has 0 rings (SSSR count). The van der Waals surface area contributed by atoms with Crippen LogP contribution in [0.2, 0.25) is 0 Å². The van der Waals surface area contributed by atoms with E-state index in [1.54, 1.807) is 0 Å². The molecule has 17 nitrogen and oxygen atoms in total. The number of ether oxygens (including phenoxy) is 4. The monoisotopic (exact) mass is 1550 g/mol. The highest BCUT2D eigenvalue weighted by atomic mass is 31.2. The molecule has 0 spiro atoms. The van der Waals surface area contributed by atoms with Crippen molar-refractivity contribution in [3.8, 4) is 0 Å². The Morgan fingerprint density at radius 2 is 0.481 bits per heavy atom. The second-order valence-corrected chi connectivity index (χ2v) is 35.1. The lowest BCUT2D eigenvalue weighted by Crippen LogP contribution is -2.30. The maximum absolute atomic E-state index is 13.2. The molecule has 0 fully saturated rings. The van der Waals surface area contributed by atoms with E-state index in [2.05, 4.69) is 48.5 Å². The van der Waals surface area contributed by atoms with Crippen LogP contribution in [-0.2, 0) is 65.4 Å². The molecule has 0 aromatic carbocycles. The Balaban J connectivity index is 5.22. The van der Waals surface area contributed by atoms with Crippen LogP contribution in [0.1, 0.15) is 459 Å². The molecule has 7 atom stereocenters. The van der Waals surface area contributed by atoms with Gasteiger partial charge in [-0.3, -0.25) is 37.3 Å². The number of aliphatic hydroxyl groups excluding tert-OH is 1. The number of carbonyl (C=O) groups excluding carboxylic acids is 4. The van der Waals surface area contributed by atoms with Gasteiger partial charge in [0, 0.05) is 25.7 Å². The third-order valence-corrected chi connectivity index (χ3v) is 23.0. The first-order chi connectivity index (χ1) is 51.3. The molecule has 0 heterocycles. The Labute approximate surface area is 651 Å². The van der Waals surface area contributed by atoms with Crippen LogP contribution in [0.15, 0.2) is 0 Å². The molecule has 0 saturated heterocycles. The van der Waals surface area contributed by atoms with Gasteiger partial charge in [-0.2, -0.15) is 0 Å². The summed E-state index contributed by atoms with van der Waals surface area (Å²) in [5.74, 6) is 0.260. The normalized spacial score (nSPS) is 14.4. The summed E-state index contributed by atoms with van der Waals surface area (Å²) in [6.45, 7) is 12.0. The highest BCUT2D eigenvalue weighted by molar-refractivity contribution is 7.47. The fourth-order valence-electron chi connectivity index (χ4n) is 13.5. The summed E-state index contributed by atoms with van der Waals surface area (Å²) < 4.78 is 68.9. The Hall–Kier alpha value is -1.94. The lowest BCUT2D eigenvalue weighted by atomic mass is 9.99. The van der Waals surface area contributed by atoms with Gasteiger partial charge in [-0.15, -0.1) is 0 Å². The average molecular weight is 1550 g/mol. The van der Waals surface area contributed by atoms with Crippen LogP contribution < -0.4 is 0 Å². The van der Waals surface area contributed by atoms with E-state index in [-0.39, 0.29) is 25.7 Å². The molecule has 3 N–H and O–H groups in total. The lowest BCUT2D eigenvalue weighted by molar-refractivity contribution is -0.161. The molecular formula is C87H170O17P2. The quantitative estimate of drug-likeness (QED) is 0.0222. The maximum atomic E-state index is 13.2. The van der Waals surface area contributed by atoms with Crippen molar-refractivity contribution >= 4 is 39.5 Å². The number of carbonyl (C=O) groups is 4.